The van der Waals surface area contributed by atoms with E-state index < -0.39 is 5.82 Å². The molecule has 1 aromatic heterocycles. The first-order chi connectivity index (χ1) is 8.65. The fourth-order valence-corrected chi connectivity index (χ4v) is 1.55. The Kier molecular flexibility index (Phi) is 3.67. The van der Waals surface area contributed by atoms with Gasteiger partial charge in [-0.25, -0.2) is 4.39 Å². The standard InChI is InChI=1S/C14H12FNO2/c1-10(17)8-11-2-3-13(9-14(11)15)18-12-4-6-16-7-5-12/h2-7,9H,8H2,1H3. The van der Waals surface area contributed by atoms with Crippen LogP contribution in [0.25, 0.3) is 0 Å². The maximum atomic E-state index is 13.7. The van der Waals surface area contributed by atoms with E-state index in [0.717, 1.165) is 0 Å². The van der Waals surface area contributed by atoms with Crippen LogP contribution in [-0.2, 0) is 11.2 Å². The molecule has 0 fully saturated rings. The maximum Gasteiger partial charge on any atom is 0.134 e. The van der Waals surface area contributed by atoms with Crippen LogP contribution in [0.15, 0.2) is 42.7 Å². The molecule has 0 aliphatic heterocycles. The normalized spacial score (nSPS) is 10.1. The van der Waals surface area contributed by atoms with E-state index in [1.54, 1.807) is 36.7 Å². The molecular weight excluding hydrogens is 233 g/mol. The second kappa shape index (κ2) is 5.40. The first-order valence-corrected chi connectivity index (χ1v) is 5.51. The van der Waals surface area contributed by atoms with Crippen LogP contribution in [0.2, 0.25) is 0 Å². The zero-order valence-electron chi connectivity index (χ0n) is 9.89. The number of halogens is 1. The highest BCUT2D eigenvalue weighted by Crippen LogP contribution is 2.23. The smallest absolute Gasteiger partial charge is 0.134 e. The van der Waals surface area contributed by atoms with Gasteiger partial charge in [-0.1, -0.05) is 6.07 Å². The van der Waals surface area contributed by atoms with Crippen molar-refractivity contribution in [3.05, 3.63) is 54.1 Å². The molecule has 0 radical (unpaired) electrons. The number of rotatable bonds is 4. The zero-order chi connectivity index (χ0) is 13.0. The highest BCUT2D eigenvalue weighted by molar-refractivity contribution is 5.78. The molecule has 0 amide bonds. The molecular formula is C14H12FNO2. The number of hydrogen-bond donors (Lipinski definition) is 0. The van der Waals surface area contributed by atoms with Gasteiger partial charge in [-0.3, -0.25) is 9.78 Å². The van der Waals surface area contributed by atoms with Gasteiger partial charge in [-0.15, -0.1) is 0 Å². The van der Waals surface area contributed by atoms with Crippen LogP contribution in [-0.4, -0.2) is 10.8 Å². The van der Waals surface area contributed by atoms with E-state index in [2.05, 4.69) is 4.98 Å². The number of ether oxygens (including phenoxy) is 1. The lowest BCUT2D eigenvalue weighted by Gasteiger charge is -2.07. The minimum Gasteiger partial charge on any atom is -0.457 e. The largest absolute Gasteiger partial charge is 0.457 e. The number of aromatic nitrogens is 1. The van der Waals surface area contributed by atoms with Crippen molar-refractivity contribution >= 4 is 5.78 Å². The Bertz CT molecular complexity index is 555. The summed E-state index contributed by atoms with van der Waals surface area (Å²) in [5.41, 5.74) is 0.379. The van der Waals surface area contributed by atoms with Crippen molar-refractivity contribution in [3.63, 3.8) is 0 Å². The molecule has 2 rings (SSSR count). The predicted octanol–water partition coefficient (Wildman–Crippen LogP) is 3.14. The summed E-state index contributed by atoms with van der Waals surface area (Å²) in [6.45, 7) is 1.43. The Morgan fingerprint density at radius 1 is 1.22 bits per heavy atom. The molecule has 2 aromatic rings. The average Bonchev–Trinajstić information content (AvgIpc) is 2.33. The maximum absolute atomic E-state index is 13.7. The lowest BCUT2D eigenvalue weighted by molar-refractivity contribution is -0.116. The summed E-state index contributed by atoms with van der Waals surface area (Å²) in [5.74, 6) is 0.475. The molecule has 0 bridgehead atoms. The van der Waals surface area contributed by atoms with Gasteiger partial charge in [-0.05, 0) is 30.7 Å². The molecule has 0 spiro atoms. The topological polar surface area (TPSA) is 39.2 Å². The fourth-order valence-electron chi connectivity index (χ4n) is 1.55. The number of ketones is 1. The van der Waals surface area contributed by atoms with Gasteiger partial charge in [0, 0.05) is 24.9 Å². The monoisotopic (exact) mass is 245 g/mol. The number of pyridine rings is 1. The van der Waals surface area contributed by atoms with E-state index in [0.29, 0.717) is 17.1 Å². The summed E-state index contributed by atoms with van der Waals surface area (Å²) in [6.07, 6.45) is 3.28. The number of hydrogen-bond acceptors (Lipinski definition) is 3. The fraction of sp³-hybridized carbons (Fsp3) is 0.143. The highest BCUT2D eigenvalue weighted by atomic mass is 19.1. The van der Waals surface area contributed by atoms with Crippen molar-refractivity contribution in [2.24, 2.45) is 0 Å². The average molecular weight is 245 g/mol. The summed E-state index contributed by atoms with van der Waals surface area (Å²) in [6, 6.07) is 7.84. The molecule has 0 saturated carbocycles. The first kappa shape index (κ1) is 12.2. The lowest BCUT2D eigenvalue weighted by Crippen LogP contribution is -1.99. The molecule has 1 aromatic carbocycles. The van der Waals surface area contributed by atoms with Crippen LogP contribution in [0.3, 0.4) is 0 Å². The Labute approximate surface area is 104 Å². The molecule has 4 heteroatoms. The minimum atomic E-state index is -0.434. The molecule has 0 atom stereocenters. The number of carbonyl (C=O) groups is 1. The van der Waals surface area contributed by atoms with E-state index in [4.69, 9.17) is 4.74 Å². The Morgan fingerprint density at radius 3 is 2.56 bits per heavy atom. The summed E-state index contributed by atoms with van der Waals surface area (Å²) >= 11 is 0. The van der Waals surface area contributed by atoms with E-state index >= 15 is 0 Å². The molecule has 92 valence electrons. The molecule has 1 heterocycles. The molecule has 0 saturated heterocycles. The van der Waals surface area contributed by atoms with Gasteiger partial charge in [0.15, 0.2) is 0 Å². The third-order valence-electron chi connectivity index (χ3n) is 2.35. The van der Waals surface area contributed by atoms with Crippen molar-refractivity contribution in [1.29, 1.82) is 0 Å². The van der Waals surface area contributed by atoms with Crippen LogP contribution < -0.4 is 4.74 Å². The van der Waals surface area contributed by atoms with Crippen LogP contribution in [0.4, 0.5) is 4.39 Å². The zero-order valence-corrected chi connectivity index (χ0v) is 9.89. The van der Waals surface area contributed by atoms with E-state index in [9.17, 15) is 9.18 Å². The summed E-state index contributed by atoms with van der Waals surface area (Å²) in [5, 5.41) is 0. The Balaban J connectivity index is 2.16. The second-order valence-electron chi connectivity index (χ2n) is 3.92. The van der Waals surface area contributed by atoms with Gasteiger partial charge in [0.05, 0.1) is 0 Å². The van der Waals surface area contributed by atoms with Crippen molar-refractivity contribution < 1.29 is 13.9 Å². The molecule has 0 aliphatic rings. The molecule has 0 N–H and O–H groups in total. The van der Waals surface area contributed by atoms with Crippen LogP contribution >= 0.6 is 0 Å². The van der Waals surface area contributed by atoms with Crippen molar-refractivity contribution in [2.45, 2.75) is 13.3 Å². The highest BCUT2D eigenvalue weighted by Gasteiger charge is 2.07. The summed E-state index contributed by atoms with van der Waals surface area (Å²) in [4.78, 5) is 14.8. The minimum absolute atomic E-state index is 0.0725. The number of nitrogens with zero attached hydrogens (tertiary/aromatic N) is 1. The van der Waals surface area contributed by atoms with Gasteiger partial charge >= 0.3 is 0 Å². The van der Waals surface area contributed by atoms with Gasteiger partial charge in [0.25, 0.3) is 0 Å². The summed E-state index contributed by atoms with van der Waals surface area (Å²) in [7, 11) is 0. The number of benzene rings is 1. The van der Waals surface area contributed by atoms with E-state index in [1.807, 2.05) is 0 Å². The molecule has 18 heavy (non-hydrogen) atoms. The Morgan fingerprint density at radius 2 is 1.94 bits per heavy atom. The van der Waals surface area contributed by atoms with Gasteiger partial charge in [0.2, 0.25) is 0 Å². The van der Waals surface area contributed by atoms with Gasteiger partial charge in [0.1, 0.15) is 23.1 Å². The predicted molar refractivity (Wildman–Crippen MR) is 65.1 cm³/mol. The lowest BCUT2D eigenvalue weighted by atomic mass is 10.1. The summed E-state index contributed by atoms with van der Waals surface area (Å²) < 4.78 is 19.1. The van der Waals surface area contributed by atoms with E-state index in [-0.39, 0.29) is 12.2 Å². The van der Waals surface area contributed by atoms with E-state index in [1.165, 1.54) is 13.0 Å². The third-order valence-corrected chi connectivity index (χ3v) is 2.35. The molecule has 0 unspecified atom stereocenters. The van der Waals surface area contributed by atoms with Crippen LogP contribution in [0.5, 0.6) is 11.5 Å². The van der Waals surface area contributed by atoms with Crippen molar-refractivity contribution in [2.75, 3.05) is 0 Å². The number of carbonyl (C=O) groups excluding carboxylic acids is 1. The first-order valence-electron chi connectivity index (χ1n) is 5.51. The van der Waals surface area contributed by atoms with Crippen LogP contribution in [0, 0.1) is 5.82 Å². The SMILES string of the molecule is CC(=O)Cc1ccc(Oc2ccncc2)cc1F. The Hall–Kier alpha value is -2.23. The number of Topliss-reactive ketones (excluding diaryl/α,β-unsaturated/α-hetero) is 1. The second-order valence-corrected chi connectivity index (χ2v) is 3.92. The third kappa shape index (κ3) is 3.13. The molecule has 3 nitrogen and oxygen atoms in total. The van der Waals surface area contributed by atoms with Gasteiger partial charge in [-0.2, -0.15) is 0 Å². The van der Waals surface area contributed by atoms with Crippen LogP contribution in [0.1, 0.15) is 12.5 Å². The van der Waals surface area contributed by atoms with Crippen molar-refractivity contribution in [1.82, 2.24) is 4.98 Å². The van der Waals surface area contributed by atoms with Gasteiger partial charge < -0.3 is 4.74 Å². The quantitative estimate of drug-likeness (QED) is 0.830. The van der Waals surface area contributed by atoms with Crippen molar-refractivity contribution in [3.8, 4) is 11.5 Å². The molecule has 0 aliphatic carbocycles.